The summed E-state index contributed by atoms with van der Waals surface area (Å²) in [5.41, 5.74) is 0. The van der Waals surface area contributed by atoms with Crippen LogP contribution in [-0.2, 0) is 0 Å². The number of anilines is 2. The van der Waals surface area contributed by atoms with Crippen LogP contribution in [0.4, 0.5) is 11.9 Å². The Labute approximate surface area is 124 Å². The fourth-order valence-corrected chi connectivity index (χ4v) is 2.25. The molecule has 2 N–H and O–H groups in total. The van der Waals surface area contributed by atoms with Crippen LogP contribution < -0.4 is 10.6 Å². The molecule has 2 aromatic rings. The Hall–Kier alpha value is -2.18. The van der Waals surface area contributed by atoms with E-state index in [-0.39, 0.29) is 0 Å². The standard InChI is InChI=1S/C14H21N7/c1-3-15-12-18-13(16-9-10(2)11-5-6-11)20-14(19-12)21-8-4-7-17-21/h4,7-8,10-11H,3,5-6,9H2,1-2H3,(H2,15,16,18,19,20). The van der Waals surface area contributed by atoms with Crippen molar-refractivity contribution in [1.82, 2.24) is 24.7 Å². The highest BCUT2D eigenvalue weighted by Crippen LogP contribution is 2.36. The van der Waals surface area contributed by atoms with Gasteiger partial charge in [0.1, 0.15) is 0 Å². The molecule has 7 heteroatoms. The molecular formula is C14H21N7. The first-order valence-corrected chi connectivity index (χ1v) is 7.50. The van der Waals surface area contributed by atoms with Crippen molar-refractivity contribution < 1.29 is 0 Å². The van der Waals surface area contributed by atoms with Crippen LogP contribution in [0.25, 0.3) is 5.95 Å². The van der Waals surface area contributed by atoms with Crippen molar-refractivity contribution in [3.05, 3.63) is 18.5 Å². The van der Waals surface area contributed by atoms with Crippen molar-refractivity contribution in [1.29, 1.82) is 0 Å². The minimum Gasteiger partial charge on any atom is -0.354 e. The summed E-state index contributed by atoms with van der Waals surface area (Å²) in [5.74, 6) is 3.20. The second kappa shape index (κ2) is 6.07. The van der Waals surface area contributed by atoms with Crippen molar-refractivity contribution >= 4 is 11.9 Å². The molecule has 1 fully saturated rings. The zero-order valence-corrected chi connectivity index (χ0v) is 12.5. The highest BCUT2D eigenvalue weighted by molar-refractivity contribution is 5.37. The van der Waals surface area contributed by atoms with Gasteiger partial charge in [0.2, 0.25) is 11.9 Å². The Morgan fingerprint density at radius 2 is 2.00 bits per heavy atom. The normalized spacial score (nSPS) is 15.7. The molecule has 0 spiro atoms. The Morgan fingerprint density at radius 1 is 1.24 bits per heavy atom. The minimum absolute atomic E-state index is 0.521. The fraction of sp³-hybridized carbons (Fsp3) is 0.571. The third kappa shape index (κ3) is 3.48. The maximum absolute atomic E-state index is 4.44. The van der Waals surface area contributed by atoms with E-state index in [1.165, 1.54) is 12.8 Å². The molecule has 0 amide bonds. The number of hydrogen-bond donors (Lipinski definition) is 2. The average Bonchev–Trinajstić information content (AvgIpc) is 3.19. The van der Waals surface area contributed by atoms with E-state index in [4.69, 9.17) is 0 Å². The van der Waals surface area contributed by atoms with Crippen LogP contribution in [0.5, 0.6) is 0 Å². The molecular weight excluding hydrogens is 266 g/mol. The van der Waals surface area contributed by atoms with Gasteiger partial charge < -0.3 is 10.6 Å². The predicted molar refractivity (Wildman–Crippen MR) is 81.5 cm³/mol. The molecule has 2 aromatic heterocycles. The van der Waals surface area contributed by atoms with Crippen molar-refractivity contribution in [2.45, 2.75) is 26.7 Å². The van der Waals surface area contributed by atoms with Crippen LogP contribution in [-0.4, -0.2) is 37.8 Å². The molecule has 0 bridgehead atoms. The van der Waals surface area contributed by atoms with Gasteiger partial charge >= 0.3 is 0 Å². The summed E-state index contributed by atoms with van der Waals surface area (Å²) in [6.45, 7) is 5.93. The van der Waals surface area contributed by atoms with Gasteiger partial charge in [-0.2, -0.15) is 20.1 Å². The largest absolute Gasteiger partial charge is 0.354 e. The molecule has 1 atom stereocenters. The second-order valence-electron chi connectivity index (χ2n) is 5.46. The van der Waals surface area contributed by atoms with Gasteiger partial charge in [0.25, 0.3) is 5.95 Å². The predicted octanol–water partition coefficient (Wildman–Crippen LogP) is 1.95. The van der Waals surface area contributed by atoms with Crippen LogP contribution in [0.15, 0.2) is 18.5 Å². The van der Waals surface area contributed by atoms with E-state index in [0.29, 0.717) is 23.8 Å². The summed E-state index contributed by atoms with van der Waals surface area (Å²) in [5, 5.41) is 10.6. The lowest BCUT2D eigenvalue weighted by Gasteiger charge is -2.13. The minimum atomic E-state index is 0.521. The van der Waals surface area contributed by atoms with Crippen LogP contribution in [0.3, 0.4) is 0 Å². The molecule has 3 rings (SSSR count). The topological polar surface area (TPSA) is 80.5 Å². The number of hydrogen-bond acceptors (Lipinski definition) is 6. The van der Waals surface area contributed by atoms with E-state index in [1.807, 2.05) is 19.2 Å². The maximum atomic E-state index is 4.44. The van der Waals surface area contributed by atoms with Crippen molar-refractivity contribution in [3.8, 4) is 5.95 Å². The summed E-state index contributed by atoms with van der Waals surface area (Å²) in [6.07, 6.45) is 6.23. The van der Waals surface area contributed by atoms with Crippen molar-refractivity contribution in [2.75, 3.05) is 23.7 Å². The monoisotopic (exact) mass is 287 g/mol. The zero-order valence-electron chi connectivity index (χ0n) is 12.5. The molecule has 1 unspecified atom stereocenters. The fourth-order valence-electron chi connectivity index (χ4n) is 2.25. The number of nitrogens with zero attached hydrogens (tertiary/aromatic N) is 5. The third-order valence-electron chi connectivity index (χ3n) is 3.68. The SMILES string of the molecule is CCNc1nc(NCC(C)C2CC2)nc(-n2cccn2)n1. The van der Waals surface area contributed by atoms with E-state index < -0.39 is 0 Å². The molecule has 1 aliphatic rings. The Morgan fingerprint density at radius 3 is 2.62 bits per heavy atom. The van der Waals surface area contributed by atoms with E-state index >= 15 is 0 Å². The first-order valence-electron chi connectivity index (χ1n) is 7.50. The molecule has 112 valence electrons. The number of rotatable bonds is 7. The first kappa shape index (κ1) is 13.8. The lowest BCUT2D eigenvalue weighted by atomic mass is 10.1. The maximum Gasteiger partial charge on any atom is 0.257 e. The van der Waals surface area contributed by atoms with E-state index in [9.17, 15) is 0 Å². The quantitative estimate of drug-likeness (QED) is 0.810. The highest BCUT2D eigenvalue weighted by atomic mass is 15.4. The molecule has 7 nitrogen and oxygen atoms in total. The Bertz CT molecular complexity index is 577. The van der Waals surface area contributed by atoms with Crippen molar-refractivity contribution in [2.24, 2.45) is 11.8 Å². The highest BCUT2D eigenvalue weighted by Gasteiger charge is 2.27. The first-order chi connectivity index (χ1) is 10.3. The van der Waals surface area contributed by atoms with Crippen LogP contribution in [0.2, 0.25) is 0 Å². The van der Waals surface area contributed by atoms with Crippen LogP contribution in [0.1, 0.15) is 26.7 Å². The van der Waals surface area contributed by atoms with Gasteiger partial charge in [-0.1, -0.05) is 6.92 Å². The van der Waals surface area contributed by atoms with E-state index in [0.717, 1.165) is 19.0 Å². The average molecular weight is 287 g/mol. The molecule has 2 heterocycles. The summed E-state index contributed by atoms with van der Waals surface area (Å²) in [7, 11) is 0. The van der Waals surface area contributed by atoms with Crippen LogP contribution in [0, 0.1) is 11.8 Å². The summed E-state index contributed by atoms with van der Waals surface area (Å²) in [6, 6.07) is 1.85. The second-order valence-corrected chi connectivity index (χ2v) is 5.46. The molecule has 0 radical (unpaired) electrons. The van der Waals surface area contributed by atoms with Gasteiger partial charge in [0.05, 0.1) is 0 Å². The Balaban J connectivity index is 1.77. The third-order valence-corrected chi connectivity index (χ3v) is 3.68. The zero-order chi connectivity index (χ0) is 14.7. The van der Waals surface area contributed by atoms with Gasteiger partial charge in [-0.05, 0) is 37.7 Å². The van der Waals surface area contributed by atoms with Gasteiger partial charge in [-0.3, -0.25) is 0 Å². The summed E-state index contributed by atoms with van der Waals surface area (Å²) in [4.78, 5) is 13.2. The van der Waals surface area contributed by atoms with Gasteiger partial charge in [-0.15, -0.1) is 0 Å². The molecule has 1 aliphatic carbocycles. The molecule has 0 saturated heterocycles. The van der Waals surface area contributed by atoms with Gasteiger partial charge in [-0.25, -0.2) is 4.68 Å². The smallest absolute Gasteiger partial charge is 0.257 e. The number of aromatic nitrogens is 5. The summed E-state index contributed by atoms with van der Waals surface area (Å²) < 4.78 is 1.64. The van der Waals surface area contributed by atoms with E-state index in [1.54, 1.807) is 10.9 Å². The molecule has 1 saturated carbocycles. The lowest BCUT2D eigenvalue weighted by molar-refractivity contribution is 0.534. The lowest BCUT2D eigenvalue weighted by Crippen LogP contribution is -2.17. The number of nitrogens with one attached hydrogen (secondary N) is 2. The molecule has 0 aliphatic heterocycles. The molecule has 0 aromatic carbocycles. The van der Waals surface area contributed by atoms with E-state index in [2.05, 4.69) is 37.6 Å². The van der Waals surface area contributed by atoms with Crippen molar-refractivity contribution in [3.63, 3.8) is 0 Å². The van der Waals surface area contributed by atoms with Gasteiger partial charge in [0.15, 0.2) is 0 Å². The Kier molecular flexibility index (Phi) is 3.98. The van der Waals surface area contributed by atoms with Crippen LogP contribution >= 0.6 is 0 Å². The molecule has 21 heavy (non-hydrogen) atoms. The summed E-state index contributed by atoms with van der Waals surface area (Å²) >= 11 is 0. The van der Waals surface area contributed by atoms with Gasteiger partial charge in [0, 0.05) is 25.5 Å².